The number of nitro benzene ring substituents is 1. The van der Waals surface area contributed by atoms with Crippen LogP contribution in [0.2, 0.25) is 0 Å². The van der Waals surface area contributed by atoms with Gasteiger partial charge in [-0.3, -0.25) is 15.1 Å². The SMILES string of the molecule is CN(C)Cc1cc([N+](=O)[O-])c2cccnc2c1O. The molecule has 1 aromatic heterocycles. The van der Waals surface area contributed by atoms with Crippen molar-refractivity contribution in [2.24, 2.45) is 0 Å². The molecule has 18 heavy (non-hydrogen) atoms. The number of aromatic hydroxyl groups is 1. The average Bonchev–Trinajstić information content (AvgIpc) is 2.32. The Bertz CT molecular complexity index is 611. The van der Waals surface area contributed by atoms with Crippen molar-refractivity contribution in [2.75, 3.05) is 14.1 Å². The van der Waals surface area contributed by atoms with Crippen LogP contribution in [0.5, 0.6) is 5.75 Å². The molecule has 1 N–H and O–H groups in total. The van der Waals surface area contributed by atoms with Crippen LogP contribution >= 0.6 is 0 Å². The molecule has 94 valence electrons. The fourth-order valence-electron chi connectivity index (χ4n) is 1.88. The van der Waals surface area contributed by atoms with Crippen LogP contribution in [0, 0.1) is 10.1 Å². The zero-order chi connectivity index (χ0) is 13.3. The largest absolute Gasteiger partial charge is 0.505 e. The fraction of sp³-hybridized carbons (Fsp3) is 0.250. The van der Waals surface area contributed by atoms with E-state index in [1.165, 1.54) is 12.3 Å². The summed E-state index contributed by atoms with van der Waals surface area (Å²) in [7, 11) is 3.65. The number of pyridine rings is 1. The zero-order valence-corrected chi connectivity index (χ0v) is 10.1. The summed E-state index contributed by atoms with van der Waals surface area (Å²) in [6, 6.07) is 4.60. The number of nitro groups is 1. The lowest BCUT2D eigenvalue weighted by atomic mass is 10.1. The molecule has 0 unspecified atom stereocenters. The van der Waals surface area contributed by atoms with E-state index in [-0.39, 0.29) is 17.0 Å². The second kappa shape index (κ2) is 4.58. The standard InChI is InChI=1S/C12H13N3O3/c1-14(2)7-8-6-10(15(17)18)9-4-3-5-13-11(9)12(8)16/h3-6,16H,7H2,1-2H3. The summed E-state index contributed by atoms with van der Waals surface area (Å²) in [6.45, 7) is 0.416. The predicted octanol–water partition coefficient (Wildman–Crippen LogP) is 1.91. The monoisotopic (exact) mass is 247 g/mol. The van der Waals surface area contributed by atoms with Crippen molar-refractivity contribution in [2.45, 2.75) is 6.54 Å². The van der Waals surface area contributed by atoms with Gasteiger partial charge in [-0.05, 0) is 26.2 Å². The van der Waals surface area contributed by atoms with Gasteiger partial charge in [-0.2, -0.15) is 0 Å². The molecule has 1 aromatic carbocycles. The highest BCUT2D eigenvalue weighted by Gasteiger charge is 2.19. The van der Waals surface area contributed by atoms with E-state index in [9.17, 15) is 15.2 Å². The van der Waals surface area contributed by atoms with Crippen molar-refractivity contribution >= 4 is 16.6 Å². The van der Waals surface area contributed by atoms with Crippen LogP contribution in [0.15, 0.2) is 24.4 Å². The first kappa shape index (κ1) is 12.3. The molecule has 2 aromatic rings. The van der Waals surface area contributed by atoms with Gasteiger partial charge in [0, 0.05) is 24.4 Å². The number of hydrogen-bond donors (Lipinski definition) is 1. The maximum Gasteiger partial charge on any atom is 0.279 e. The predicted molar refractivity (Wildman–Crippen MR) is 67.5 cm³/mol. The number of hydrogen-bond acceptors (Lipinski definition) is 5. The molecule has 0 aliphatic carbocycles. The lowest BCUT2D eigenvalue weighted by molar-refractivity contribution is -0.383. The Labute approximate surface area is 104 Å². The summed E-state index contributed by atoms with van der Waals surface area (Å²) in [5, 5.41) is 21.5. The Morgan fingerprint density at radius 1 is 1.50 bits per heavy atom. The van der Waals surface area contributed by atoms with E-state index in [2.05, 4.69) is 4.98 Å². The molecular weight excluding hydrogens is 234 g/mol. The maximum absolute atomic E-state index is 11.0. The van der Waals surface area contributed by atoms with Crippen LogP contribution < -0.4 is 0 Å². The van der Waals surface area contributed by atoms with E-state index in [1.54, 1.807) is 12.1 Å². The van der Waals surface area contributed by atoms with Crippen LogP contribution in [-0.4, -0.2) is 34.0 Å². The Morgan fingerprint density at radius 3 is 2.83 bits per heavy atom. The van der Waals surface area contributed by atoms with Crippen LogP contribution in [0.1, 0.15) is 5.56 Å². The molecule has 0 atom stereocenters. The van der Waals surface area contributed by atoms with Gasteiger partial charge in [0.15, 0.2) is 0 Å². The number of fused-ring (bicyclic) bond motifs is 1. The second-order valence-corrected chi connectivity index (χ2v) is 4.30. The van der Waals surface area contributed by atoms with Gasteiger partial charge in [-0.15, -0.1) is 0 Å². The highest BCUT2D eigenvalue weighted by Crippen LogP contribution is 2.34. The van der Waals surface area contributed by atoms with Gasteiger partial charge in [-0.1, -0.05) is 0 Å². The molecule has 1 heterocycles. The third kappa shape index (κ3) is 2.10. The highest BCUT2D eigenvalue weighted by molar-refractivity contribution is 5.93. The number of phenolic OH excluding ortho intramolecular Hbond substituents is 1. The Morgan fingerprint density at radius 2 is 2.22 bits per heavy atom. The molecule has 0 saturated carbocycles. The summed E-state index contributed by atoms with van der Waals surface area (Å²) in [5.41, 5.74) is 0.731. The van der Waals surface area contributed by atoms with Crippen molar-refractivity contribution in [1.29, 1.82) is 0 Å². The van der Waals surface area contributed by atoms with Crippen molar-refractivity contribution in [1.82, 2.24) is 9.88 Å². The van der Waals surface area contributed by atoms with E-state index in [0.29, 0.717) is 17.5 Å². The first-order valence-electron chi connectivity index (χ1n) is 5.39. The number of benzene rings is 1. The summed E-state index contributed by atoms with van der Waals surface area (Å²) >= 11 is 0. The minimum absolute atomic E-state index is 0.00454. The van der Waals surface area contributed by atoms with Crippen LogP contribution in [0.25, 0.3) is 10.9 Å². The Balaban J connectivity index is 2.74. The molecule has 0 aliphatic heterocycles. The lowest BCUT2D eigenvalue weighted by Crippen LogP contribution is -2.11. The number of aromatic nitrogens is 1. The third-order valence-corrected chi connectivity index (χ3v) is 2.61. The van der Waals surface area contributed by atoms with Crippen LogP contribution in [0.3, 0.4) is 0 Å². The molecule has 0 amide bonds. The van der Waals surface area contributed by atoms with Crippen molar-refractivity contribution in [3.05, 3.63) is 40.1 Å². The second-order valence-electron chi connectivity index (χ2n) is 4.30. The molecule has 0 saturated heterocycles. The molecule has 0 spiro atoms. The quantitative estimate of drug-likeness (QED) is 0.662. The molecule has 6 nitrogen and oxygen atoms in total. The molecule has 0 aliphatic rings. The van der Waals surface area contributed by atoms with E-state index in [1.807, 2.05) is 19.0 Å². The Kier molecular flexibility index (Phi) is 3.12. The van der Waals surface area contributed by atoms with Crippen LogP contribution in [-0.2, 0) is 6.54 Å². The lowest BCUT2D eigenvalue weighted by Gasteiger charge is -2.12. The zero-order valence-electron chi connectivity index (χ0n) is 10.1. The molecule has 0 fully saturated rings. The van der Waals surface area contributed by atoms with Crippen molar-refractivity contribution < 1.29 is 10.0 Å². The minimum Gasteiger partial charge on any atom is -0.505 e. The third-order valence-electron chi connectivity index (χ3n) is 2.61. The number of nitrogens with zero attached hydrogens (tertiary/aromatic N) is 3. The summed E-state index contributed by atoms with van der Waals surface area (Å²) in [4.78, 5) is 16.4. The Hall–Kier alpha value is -2.21. The maximum atomic E-state index is 11.0. The first-order chi connectivity index (χ1) is 8.50. The van der Waals surface area contributed by atoms with E-state index in [4.69, 9.17) is 0 Å². The highest BCUT2D eigenvalue weighted by atomic mass is 16.6. The van der Waals surface area contributed by atoms with Gasteiger partial charge in [0.2, 0.25) is 0 Å². The van der Waals surface area contributed by atoms with E-state index in [0.717, 1.165) is 0 Å². The van der Waals surface area contributed by atoms with E-state index >= 15 is 0 Å². The minimum atomic E-state index is -0.456. The fourth-order valence-corrected chi connectivity index (χ4v) is 1.88. The van der Waals surface area contributed by atoms with Gasteiger partial charge < -0.3 is 10.0 Å². The van der Waals surface area contributed by atoms with Gasteiger partial charge in [-0.25, -0.2) is 0 Å². The molecule has 0 bridgehead atoms. The molecule has 0 radical (unpaired) electrons. The number of phenols is 1. The topological polar surface area (TPSA) is 79.5 Å². The van der Waals surface area contributed by atoms with Crippen LogP contribution in [0.4, 0.5) is 5.69 Å². The summed E-state index contributed by atoms with van der Waals surface area (Å²) in [5.74, 6) is 0.00454. The molecule has 6 heteroatoms. The number of rotatable bonds is 3. The molecular formula is C12H13N3O3. The number of non-ortho nitro benzene ring substituents is 1. The van der Waals surface area contributed by atoms with Gasteiger partial charge >= 0.3 is 0 Å². The summed E-state index contributed by atoms with van der Waals surface area (Å²) in [6.07, 6.45) is 1.51. The smallest absolute Gasteiger partial charge is 0.279 e. The van der Waals surface area contributed by atoms with Gasteiger partial charge in [0.05, 0.1) is 10.3 Å². The normalized spacial score (nSPS) is 11.1. The van der Waals surface area contributed by atoms with Crippen molar-refractivity contribution in [3.8, 4) is 5.75 Å². The first-order valence-corrected chi connectivity index (χ1v) is 5.39. The van der Waals surface area contributed by atoms with Gasteiger partial charge in [0.1, 0.15) is 11.3 Å². The van der Waals surface area contributed by atoms with Gasteiger partial charge in [0.25, 0.3) is 5.69 Å². The summed E-state index contributed by atoms with van der Waals surface area (Å²) < 4.78 is 0. The molecule has 2 rings (SSSR count). The average molecular weight is 247 g/mol. The van der Waals surface area contributed by atoms with Crippen molar-refractivity contribution in [3.63, 3.8) is 0 Å². The van der Waals surface area contributed by atoms with E-state index < -0.39 is 4.92 Å².